The van der Waals surface area contributed by atoms with Gasteiger partial charge in [-0.3, -0.25) is 13.9 Å². The first-order chi connectivity index (χ1) is 16.9. The standard InChI is InChI=1S/C28H36N2O4S/c1-19-23(17-29-24-12-14-35(32,33)15-13-24)5-4-22-16-25(8-11-27(19)22)30-28(31)21-6-9-26(10-7-21)34-18-20-2-3-20/h6-11,16,20,24,29,32-33H,2-5,12-15,17-18H2,1H3,(H,30,31). The van der Waals surface area contributed by atoms with Crippen molar-refractivity contribution in [1.29, 1.82) is 0 Å². The lowest BCUT2D eigenvalue weighted by molar-refractivity contribution is 0.102. The Kier molecular flexibility index (Phi) is 7.21. The average Bonchev–Trinajstić information content (AvgIpc) is 3.68. The number of carbonyl (C=O) groups is 1. The number of amides is 1. The zero-order valence-electron chi connectivity index (χ0n) is 20.4. The van der Waals surface area contributed by atoms with Gasteiger partial charge < -0.3 is 15.4 Å². The van der Waals surface area contributed by atoms with Crippen molar-refractivity contribution in [2.45, 2.75) is 51.5 Å². The monoisotopic (exact) mass is 496 g/mol. The molecule has 0 bridgehead atoms. The van der Waals surface area contributed by atoms with E-state index in [1.807, 2.05) is 30.3 Å². The van der Waals surface area contributed by atoms with Crippen LogP contribution < -0.4 is 15.4 Å². The number of aryl methyl sites for hydroxylation is 1. The SMILES string of the molecule is CC1=C(CNC2CCS(O)(O)CC2)CCc2cc(NC(=O)c3ccc(OCC4CC4)cc3)ccc21. The molecular weight excluding hydrogens is 460 g/mol. The maximum Gasteiger partial charge on any atom is 0.255 e. The molecule has 35 heavy (non-hydrogen) atoms. The van der Waals surface area contributed by atoms with Crippen LogP contribution in [-0.4, -0.2) is 45.7 Å². The normalized spacial score (nSPS) is 20.8. The third-order valence-corrected chi connectivity index (χ3v) is 9.26. The number of anilines is 1. The predicted octanol–water partition coefficient (Wildman–Crippen LogP) is 5.95. The van der Waals surface area contributed by atoms with Crippen LogP contribution in [0.25, 0.3) is 5.57 Å². The minimum Gasteiger partial charge on any atom is -0.493 e. The summed E-state index contributed by atoms with van der Waals surface area (Å²) in [5.74, 6) is 2.43. The Bertz CT molecular complexity index is 1100. The highest BCUT2D eigenvalue weighted by atomic mass is 32.3. The maximum atomic E-state index is 12.8. The highest BCUT2D eigenvalue weighted by molar-refractivity contribution is 8.24. The van der Waals surface area contributed by atoms with Gasteiger partial charge in [0.05, 0.1) is 6.61 Å². The Balaban J connectivity index is 1.17. The van der Waals surface area contributed by atoms with Crippen molar-refractivity contribution in [3.8, 4) is 5.75 Å². The summed E-state index contributed by atoms with van der Waals surface area (Å²) in [6.07, 6.45) is 6.11. The van der Waals surface area contributed by atoms with E-state index in [4.69, 9.17) is 4.74 Å². The second-order valence-electron chi connectivity index (χ2n) is 10.2. The van der Waals surface area contributed by atoms with Crippen LogP contribution in [0, 0.1) is 5.92 Å². The zero-order valence-corrected chi connectivity index (χ0v) is 21.2. The summed E-state index contributed by atoms with van der Waals surface area (Å²) in [4.78, 5) is 12.8. The molecule has 188 valence electrons. The predicted molar refractivity (Wildman–Crippen MR) is 144 cm³/mol. The van der Waals surface area contributed by atoms with Crippen LogP contribution in [0.15, 0.2) is 48.0 Å². The van der Waals surface area contributed by atoms with E-state index in [1.54, 1.807) is 0 Å². The van der Waals surface area contributed by atoms with Crippen LogP contribution in [0.3, 0.4) is 0 Å². The fourth-order valence-electron chi connectivity index (χ4n) is 4.91. The van der Waals surface area contributed by atoms with Gasteiger partial charge in [0.15, 0.2) is 0 Å². The Hall–Kier alpha value is -2.32. The summed E-state index contributed by atoms with van der Waals surface area (Å²) in [5, 5.41) is 6.68. The molecule has 2 aromatic carbocycles. The number of allylic oxidation sites excluding steroid dienone is 1. The van der Waals surface area contributed by atoms with Crippen molar-refractivity contribution < 1.29 is 18.6 Å². The molecule has 6 nitrogen and oxygen atoms in total. The van der Waals surface area contributed by atoms with Gasteiger partial charge in [0.1, 0.15) is 5.75 Å². The number of carbonyl (C=O) groups excluding carboxylic acids is 1. The molecule has 0 aromatic heterocycles. The van der Waals surface area contributed by atoms with Crippen molar-refractivity contribution in [3.05, 3.63) is 64.7 Å². The van der Waals surface area contributed by atoms with Crippen LogP contribution in [0.2, 0.25) is 0 Å². The van der Waals surface area contributed by atoms with Crippen molar-refractivity contribution in [2.75, 3.05) is 30.0 Å². The van der Waals surface area contributed by atoms with E-state index in [9.17, 15) is 13.9 Å². The van der Waals surface area contributed by atoms with Gasteiger partial charge >= 0.3 is 0 Å². The maximum absolute atomic E-state index is 12.8. The summed E-state index contributed by atoms with van der Waals surface area (Å²) in [6, 6.07) is 13.9. The molecule has 1 aliphatic heterocycles. The Morgan fingerprint density at radius 1 is 1.03 bits per heavy atom. The van der Waals surface area contributed by atoms with E-state index in [2.05, 4.69) is 29.7 Å². The first-order valence-electron chi connectivity index (χ1n) is 12.7. The molecule has 3 aliphatic rings. The number of benzene rings is 2. The van der Waals surface area contributed by atoms with Gasteiger partial charge in [-0.25, -0.2) is 0 Å². The zero-order chi connectivity index (χ0) is 24.4. The van der Waals surface area contributed by atoms with E-state index in [1.165, 1.54) is 35.1 Å². The van der Waals surface area contributed by atoms with E-state index >= 15 is 0 Å². The van der Waals surface area contributed by atoms with E-state index < -0.39 is 10.6 Å². The third-order valence-electron chi connectivity index (χ3n) is 7.48. The lowest BCUT2D eigenvalue weighted by Gasteiger charge is -2.39. The first kappa shape index (κ1) is 24.4. The molecule has 5 rings (SSSR count). The molecule has 1 saturated heterocycles. The third kappa shape index (κ3) is 6.28. The molecule has 0 unspecified atom stereocenters. The lowest BCUT2D eigenvalue weighted by Crippen LogP contribution is -2.37. The number of nitrogens with one attached hydrogen (secondary N) is 2. The molecule has 7 heteroatoms. The van der Waals surface area contributed by atoms with E-state index in [0.717, 1.165) is 50.3 Å². The average molecular weight is 497 g/mol. The molecule has 1 saturated carbocycles. The molecule has 0 atom stereocenters. The molecule has 2 aromatic rings. The van der Waals surface area contributed by atoms with Crippen molar-refractivity contribution in [2.24, 2.45) is 5.92 Å². The number of hydrogen-bond acceptors (Lipinski definition) is 5. The van der Waals surface area contributed by atoms with E-state index in [0.29, 0.717) is 29.0 Å². The van der Waals surface area contributed by atoms with Crippen LogP contribution in [0.5, 0.6) is 5.75 Å². The smallest absolute Gasteiger partial charge is 0.255 e. The Morgan fingerprint density at radius 2 is 1.77 bits per heavy atom. The molecule has 1 amide bonds. The molecule has 2 aliphatic carbocycles. The summed E-state index contributed by atoms with van der Waals surface area (Å²) in [5.41, 5.74) is 6.67. The topological polar surface area (TPSA) is 90.8 Å². The summed E-state index contributed by atoms with van der Waals surface area (Å²) in [6.45, 7) is 3.79. The Morgan fingerprint density at radius 3 is 2.49 bits per heavy atom. The lowest BCUT2D eigenvalue weighted by atomic mass is 9.86. The molecule has 1 heterocycles. The molecule has 2 fully saturated rings. The van der Waals surface area contributed by atoms with Crippen LogP contribution >= 0.6 is 10.6 Å². The van der Waals surface area contributed by atoms with Crippen molar-refractivity contribution in [1.82, 2.24) is 5.32 Å². The second kappa shape index (κ2) is 10.3. The molecule has 0 spiro atoms. The summed E-state index contributed by atoms with van der Waals surface area (Å²) < 4.78 is 25.4. The number of rotatable bonds is 8. The van der Waals surface area contributed by atoms with Gasteiger partial charge in [-0.05, 0) is 104 Å². The highest BCUT2D eigenvalue weighted by Crippen LogP contribution is 2.44. The van der Waals surface area contributed by atoms with Gasteiger partial charge in [0.25, 0.3) is 5.91 Å². The van der Waals surface area contributed by atoms with Gasteiger partial charge in [0, 0.05) is 35.3 Å². The summed E-state index contributed by atoms with van der Waals surface area (Å²) in [7, 11) is -2.33. The van der Waals surface area contributed by atoms with Crippen LogP contribution in [0.4, 0.5) is 5.69 Å². The quantitative estimate of drug-likeness (QED) is 0.363. The number of ether oxygens (including phenoxy) is 1. The number of fused-ring (bicyclic) bond motifs is 1. The highest BCUT2D eigenvalue weighted by Gasteiger charge is 2.25. The van der Waals surface area contributed by atoms with Crippen LogP contribution in [0.1, 0.15) is 60.5 Å². The van der Waals surface area contributed by atoms with Crippen molar-refractivity contribution >= 4 is 27.8 Å². The largest absolute Gasteiger partial charge is 0.493 e. The minimum atomic E-state index is -2.33. The molecular formula is C28H36N2O4S. The van der Waals surface area contributed by atoms with Gasteiger partial charge in [-0.2, -0.15) is 10.6 Å². The molecule has 0 radical (unpaired) electrons. The summed E-state index contributed by atoms with van der Waals surface area (Å²) >= 11 is 0. The van der Waals surface area contributed by atoms with Gasteiger partial charge in [0.2, 0.25) is 0 Å². The van der Waals surface area contributed by atoms with Gasteiger partial charge in [-0.1, -0.05) is 11.6 Å². The van der Waals surface area contributed by atoms with Crippen LogP contribution in [-0.2, 0) is 6.42 Å². The minimum absolute atomic E-state index is 0.115. The first-order valence-corrected chi connectivity index (χ1v) is 14.6. The fraction of sp³-hybridized carbons (Fsp3) is 0.464. The fourth-order valence-corrected chi connectivity index (χ4v) is 6.44. The second-order valence-corrected chi connectivity index (χ2v) is 12.6. The van der Waals surface area contributed by atoms with Gasteiger partial charge in [-0.15, -0.1) is 0 Å². The Labute approximate surface area is 209 Å². The van der Waals surface area contributed by atoms with Crippen molar-refractivity contribution in [3.63, 3.8) is 0 Å². The number of hydrogen-bond donors (Lipinski definition) is 4. The van der Waals surface area contributed by atoms with E-state index in [-0.39, 0.29) is 5.91 Å². The molecule has 4 N–H and O–H groups in total.